The quantitative estimate of drug-likeness (QED) is 0.479. The summed E-state index contributed by atoms with van der Waals surface area (Å²) in [6, 6.07) is 0. The lowest BCUT2D eigenvalue weighted by Gasteiger charge is -1.95. The molecule has 0 amide bonds. The Bertz CT molecular complexity index is 91.1. The predicted octanol–water partition coefficient (Wildman–Crippen LogP) is 3.10. The maximum absolute atomic E-state index is 5.45. The molecule has 0 fully saturated rings. The van der Waals surface area contributed by atoms with E-state index in [4.69, 9.17) is 23.2 Å². The molecule has 0 unspecified atom stereocenters. The molecule has 0 bridgehead atoms. The van der Waals surface area contributed by atoms with Crippen molar-refractivity contribution in [2.75, 3.05) is 17.4 Å². The molecule has 0 spiro atoms. The van der Waals surface area contributed by atoms with Crippen molar-refractivity contribution in [3.8, 4) is 0 Å². The van der Waals surface area contributed by atoms with E-state index in [9.17, 15) is 0 Å². The van der Waals surface area contributed by atoms with Gasteiger partial charge in [-0.15, -0.1) is 11.6 Å². The lowest BCUT2D eigenvalue weighted by atomic mass is 10.4. The highest BCUT2D eigenvalue weighted by Gasteiger charge is 1.87. The van der Waals surface area contributed by atoms with Gasteiger partial charge in [-0.25, -0.2) is 0 Å². The first kappa shape index (κ1) is 9.67. The maximum atomic E-state index is 5.45. The van der Waals surface area contributed by atoms with Gasteiger partial charge in [-0.2, -0.15) is 11.8 Å². The molecule has 54 valence electrons. The van der Waals surface area contributed by atoms with Crippen LogP contribution in [0.1, 0.15) is 6.92 Å². The van der Waals surface area contributed by atoms with E-state index in [0.29, 0.717) is 0 Å². The van der Waals surface area contributed by atoms with Crippen molar-refractivity contribution in [3.63, 3.8) is 0 Å². The molecule has 0 atom stereocenters. The van der Waals surface area contributed by atoms with E-state index in [1.54, 1.807) is 17.3 Å². The van der Waals surface area contributed by atoms with Crippen molar-refractivity contribution in [3.05, 3.63) is 11.1 Å². The minimum atomic E-state index is 0.722. The molecule has 0 heterocycles. The van der Waals surface area contributed by atoms with Crippen molar-refractivity contribution >= 4 is 35.0 Å². The highest BCUT2D eigenvalue weighted by atomic mass is 35.5. The van der Waals surface area contributed by atoms with Crippen LogP contribution in [0.25, 0.3) is 0 Å². The van der Waals surface area contributed by atoms with Crippen LogP contribution < -0.4 is 0 Å². The summed E-state index contributed by atoms with van der Waals surface area (Å²) >= 11 is 12.7. The Hall–Kier alpha value is 0.670. The van der Waals surface area contributed by atoms with Gasteiger partial charge in [-0.3, -0.25) is 0 Å². The van der Waals surface area contributed by atoms with Crippen LogP contribution >= 0.6 is 35.0 Å². The molecule has 0 saturated heterocycles. The Morgan fingerprint density at radius 2 is 2.33 bits per heavy atom. The van der Waals surface area contributed by atoms with Crippen LogP contribution in [0.4, 0.5) is 0 Å². The average molecular weight is 185 g/mol. The Morgan fingerprint density at radius 1 is 1.67 bits per heavy atom. The molecule has 0 aromatic rings. The number of alkyl halides is 1. The maximum Gasteiger partial charge on any atom is 0.0314 e. The van der Waals surface area contributed by atoms with E-state index >= 15 is 0 Å². The zero-order chi connectivity index (χ0) is 7.11. The van der Waals surface area contributed by atoms with Gasteiger partial charge in [0.15, 0.2) is 0 Å². The highest BCUT2D eigenvalue weighted by molar-refractivity contribution is 7.99. The number of rotatable bonds is 4. The smallest absolute Gasteiger partial charge is 0.0314 e. The predicted molar refractivity (Wildman–Crippen MR) is 47.7 cm³/mol. The van der Waals surface area contributed by atoms with Gasteiger partial charge < -0.3 is 0 Å². The van der Waals surface area contributed by atoms with Gasteiger partial charge in [0.25, 0.3) is 0 Å². The van der Waals surface area contributed by atoms with Crippen LogP contribution in [0, 0.1) is 0 Å². The fourth-order valence-electron chi connectivity index (χ4n) is 0.319. The molecule has 0 rings (SSSR count). The minimum absolute atomic E-state index is 0.722. The van der Waals surface area contributed by atoms with Gasteiger partial charge in [0.05, 0.1) is 0 Å². The normalized spacial score (nSPS) is 12.1. The minimum Gasteiger partial charge on any atom is -0.156 e. The van der Waals surface area contributed by atoms with Gasteiger partial charge in [0.1, 0.15) is 0 Å². The fourth-order valence-corrected chi connectivity index (χ4v) is 1.47. The summed E-state index contributed by atoms with van der Waals surface area (Å²) < 4.78 is 0. The zero-order valence-corrected chi connectivity index (χ0v) is 7.69. The summed E-state index contributed by atoms with van der Waals surface area (Å²) in [5.41, 5.74) is 2.81. The molecule has 0 saturated carbocycles. The standard InChI is InChI=1S/C6H10Cl2S/c1-6(4-8)5-9-3-2-7/h4H,2-3,5H2,1H3. The Balaban J connectivity index is 3.07. The summed E-state index contributed by atoms with van der Waals surface area (Å²) in [6.07, 6.45) is 0. The van der Waals surface area contributed by atoms with Gasteiger partial charge in [0, 0.05) is 22.9 Å². The van der Waals surface area contributed by atoms with E-state index in [1.807, 2.05) is 6.92 Å². The molecular formula is C6H10Cl2S. The number of thioether (sulfide) groups is 1. The molecule has 0 aliphatic carbocycles. The van der Waals surface area contributed by atoms with Crippen LogP contribution in [0.15, 0.2) is 11.1 Å². The molecule has 0 aliphatic rings. The van der Waals surface area contributed by atoms with Gasteiger partial charge >= 0.3 is 0 Å². The second-order valence-electron chi connectivity index (χ2n) is 1.70. The summed E-state index contributed by atoms with van der Waals surface area (Å²) in [6.45, 7) is 2.01. The SMILES string of the molecule is CC(=CCl)CSCCCl. The number of hydrogen-bond acceptors (Lipinski definition) is 1. The van der Waals surface area contributed by atoms with Crippen molar-refractivity contribution in [2.24, 2.45) is 0 Å². The molecule has 9 heavy (non-hydrogen) atoms. The van der Waals surface area contributed by atoms with E-state index < -0.39 is 0 Å². The summed E-state index contributed by atoms with van der Waals surface area (Å²) in [7, 11) is 0. The van der Waals surface area contributed by atoms with Gasteiger partial charge in [-0.1, -0.05) is 17.2 Å². The fraction of sp³-hybridized carbons (Fsp3) is 0.667. The molecule has 0 nitrogen and oxygen atoms in total. The Morgan fingerprint density at radius 3 is 2.78 bits per heavy atom. The highest BCUT2D eigenvalue weighted by Crippen LogP contribution is 2.07. The first-order valence-corrected chi connectivity index (χ1v) is 4.83. The van der Waals surface area contributed by atoms with E-state index in [2.05, 4.69) is 0 Å². The summed E-state index contributed by atoms with van der Waals surface area (Å²) in [5.74, 6) is 2.72. The van der Waals surface area contributed by atoms with Crippen molar-refractivity contribution < 1.29 is 0 Å². The molecule has 0 aliphatic heterocycles. The van der Waals surface area contributed by atoms with E-state index in [0.717, 1.165) is 17.4 Å². The second-order valence-corrected chi connectivity index (χ2v) is 3.40. The first-order chi connectivity index (χ1) is 4.31. The topological polar surface area (TPSA) is 0 Å². The molecular weight excluding hydrogens is 175 g/mol. The molecule has 0 aromatic heterocycles. The molecule has 0 aromatic carbocycles. The molecule has 0 N–H and O–H groups in total. The lowest BCUT2D eigenvalue weighted by molar-refractivity contribution is 1.41. The van der Waals surface area contributed by atoms with Crippen LogP contribution in [-0.2, 0) is 0 Å². The monoisotopic (exact) mass is 184 g/mol. The Labute approximate surface area is 70.6 Å². The third-order valence-electron chi connectivity index (χ3n) is 0.737. The van der Waals surface area contributed by atoms with E-state index in [1.165, 1.54) is 5.57 Å². The van der Waals surface area contributed by atoms with Crippen molar-refractivity contribution in [2.45, 2.75) is 6.92 Å². The summed E-state index contributed by atoms with van der Waals surface area (Å²) in [4.78, 5) is 0. The average Bonchev–Trinajstić information content (AvgIpc) is 1.89. The van der Waals surface area contributed by atoms with Gasteiger partial charge in [0.2, 0.25) is 0 Å². The third-order valence-corrected chi connectivity index (χ3v) is 2.68. The largest absolute Gasteiger partial charge is 0.156 e. The Kier molecular flexibility index (Phi) is 7.29. The molecule has 3 heteroatoms. The van der Waals surface area contributed by atoms with E-state index in [-0.39, 0.29) is 0 Å². The van der Waals surface area contributed by atoms with Crippen LogP contribution in [0.5, 0.6) is 0 Å². The van der Waals surface area contributed by atoms with Crippen LogP contribution in [-0.4, -0.2) is 17.4 Å². The zero-order valence-electron chi connectivity index (χ0n) is 5.36. The van der Waals surface area contributed by atoms with Crippen molar-refractivity contribution in [1.82, 2.24) is 0 Å². The van der Waals surface area contributed by atoms with Gasteiger partial charge in [-0.05, 0) is 6.92 Å². The van der Waals surface area contributed by atoms with Crippen molar-refractivity contribution in [1.29, 1.82) is 0 Å². The van der Waals surface area contributed by atoms with Crippen LogP contribution in [0.3, 0.4) is 0 Å². The number of hydrogen-bond donors (Lipinski definition) is 0. The third kappa shape index (κ3) is 6.56. The molecule has 0 radical (unpaired) electrons. The first-order valence-electron chi connectivity index (χ1n) is 2.71. The summed E-state index contributed by atoms with van der Waals surface area (Å²) in [5, 5.41) is 0. The second kappa shape index (κ2) is 6.79. The lowest BCUT2D eigenvalue weighted by Crippen LogP contribution is -1.84. The van der Waals surface area contributed by atoms with Crippen LogP contribution in [0.2, 0.25) is 0 Å². The number of halogens is 2.